The molecule has 0 aliphatic carbocycles. The summed E-state index contributed by atoms with van der Waals surface area (Å²) < 4.78 is 37.6. The number of nitrogens with zero attached hydrogens (tertiary/aromatic N) is 1. The minimum absolute atomic E-state index is 0.00419. The number of carbonyl (C=O) groups excluding carboxylic acids is 2. The second-order valence-corrected chi connectivity index (χ2v) is 9.37. The van der Waals surface area contributed by atoms with Crippen molar-refractivity contribution in [2.24, 2.45) is 5.92 Å². The van der Waals surface area contributed by atoms with Crippen LogP contribution in [0, 0.1) is 5.92 Å². The summed E-state index contributed by atoms with van der Waals surface area (Å²) in [6.07, 6.45) is 1.03. The van der Waals surface area contributed by atoms with Crippen LogP contribution in [0.1, 0.15) is 23.2 Å². The first-order valence-corrected chi connectivity index (χ1v) is 11.4. The topological polar surface area (TPSA) is 102 Å². The number of anilines is 1. The summed E-state index contributed by atoms with van der Waals surface area (Å²) in [5, 5.41) is 3.00. The second-order valence-electron chi connectivity index (χ2n) is 7.02. The van der Waals surface area contributed by atoms with Gasteiger partial charge in [-0.1, -0.05) is 23.7 Å². The molecule has 1 aliphatic rings. The van der Waals surface area contributed by atoms with Crippen LogP contribution in [0.25, 0.3) is 0 Å². The molecular weight excluding hydrogens is 444 g/mol. The molecule has 0 radical (unpaired) electrons. The van der Waals surface area contributed by atoms with Gasteiger partial charge in [-0.2, -0.15) is 4.31 Å². The lowest BCUT2D eigenvalue weighted by Gasteiger charge is -2.31. The Morgan fingerprint density at radius 2 is 1.90 bits per heavy atom. The Morgan fingerprint density at radius 3 is 2.61 bits per heavy atom. The van der Waals surface area contributed by atoms with Crippen LogP contribution in [0.15, 0.2) is 47.4 Å². The fourth-order valence-corrected chi connectivity index (χ4v) is 5.42. The maximum Gasteiger partial charge on any atom is 0.339 e. The highest BCUT2D eigenvalue weighted by molar-refractivity contribution is 7.89. The van der Waals surface area contributed by atoms with Crippen molar-refractivity contribution >= 4 is 39.2 Å². The summed E-state index contributed by atoms with van der Waals surface area (Å²) in [6, 6.07) is 10.9. The van der Waals surface area contributed by atoms with Crippen molar-refractivity contribution in [1.29, 1.82) is 0 Å². The normalized spacial score (nSPS) is 17.1. The Bertz CT molecular complexity index is 1090. The standard InChI is InChI=1S/C21H23ClN2O6S/c1-29-18-10-9-15(22)12-19(18)31(27,28)24-11-5-6-14(13-24)20(25)23-17-8-4-3-7-16(17)21(26)30-2/h3-4,7-10,12,14H,5-6,11,13H2,1-2H3,(H,23,25)/t14-/m1/s1. The van der Waals surface area contributed by atoms with E-state index in [1.165, 1.54) is 30.7 Å². The van der Waals surface area contributed by atoms with Crippen molar-refractivity contribution in [3.8, 4) is 5.75 Å². The molecule has 10 heteroatoms. The van der Waals surface area contributed by atoms with Crippen LogP contribution in [-0.4, -0.2) is 51.9 Å². The van der Waals surface area contributed by atoms with Crippen molar-refractivity contribution in [1.82, 2.24) is 4.31 Å². The van der Waals surface area contributed by atoms with Crippen LogP contribution in [-0.2, 0) is 19.6 Å². The average molecular weight is 467 g/mol. The number of benzene rings is 2. The summed E-state index contributed by atoms with van der Waals surface area (Å²) in [5.74, 6) is -1.34. The van der Waals surface area contributed by atoms with Crippen LogP contribution in [0.3, 0.4) is 0 Å². The summed E-state index contributed by atoms with van der Waals surface area (Å²) in [7, 11) is -1.28. The van der Waals surface area contributed by atoms with Gasteiger partial charge in [0.05, 0.1) is 31.4 Å². The number of hydrogen-bond acceptors (Lipinski definition) is 6. The molecule has 0 aromatic heterocycles. The third kappa shape index (κ3) is 5.00. The van der Waals surface area contributed by atoms with Gasteiger partial charge in [-0.05, 0) is 43.2 Å². The number of sulfonamides is 1. The Hall–Kier alpha value is -2.62. The molecule has 1 saturated heterocycles. The highest BCUT2D eigenvalue weighted by Crippen LogP contribution is 2.32. The van der Waals surface area contributed by atoms with E-state index in [4.69, 9.17) is 21.1 Å². The van der Waals surface area contributed by atoms with Gasteiger partial charge in [-0.25, -0.2) is 13.2 Å². The van der Waals surface area contributed by atoms with Crippen LogP contribution >= 0.6 is 11.6 Å². The lowest BCUT2D eigenvalue weighted by atomic mass is 9.98. The number of ether oxygens (including phenoxy) is 2. The average Bonchev–Trinajstić information content (AvgIpc) is 2.79. The molecule has 0 saturated carbocycles. The minimum atomic E-state index is -3.92. The van der Waals surface area contributed by atoms with Gasteiger partial charge in [0.15, 0.2) is 0 Å². The van der Waals surface area contributed by atoms with Crippen molar-refractivity contribution < 1.29 is 27.5 Å². The molecule has 1 fully saturated rings. The van der Waals surface area contributed by atoms with E-state index >= 15 is 0 Å². The van der Waals surface area contributed by atoms with Crippen molar-refractivity contribution in [2.75, 3.05) is 32.6 Å². The molecule has 3 rings (SSSR count). The fraction of sp³-hybridized carbons (Fsp3) is 0.333. The predicted molar refractivity (Wildman–Crippen MR) is 116 cm³/mol. The highest BCUT2D eigenvalue weighted by atomic mass is 35.5. The molecular formula is C21H23ClN2O6S. The molecule has 8 nitrogen and oxygen atoms in total. The van der Waals surface area contributed by atoms with E-state index in [0.29, 0.717) is 18.5 Å². The monoisotopic (exact) mass is 466 g/mol. The van der Waals surface area contributed by atoms with E-state index in [0.717, 1.165) is 0 Å². The number of amides is 1. The summed E-state index contributed by atoms with van der Waals surface area (Å²) >= 11 is 6.00. The van der Waals surface area contributed by atoms with Crippen molar-refractivity contribution in [3.63, 3.8) is 0 Å². The number of nitrogens with one attached hydrogen (secondary N) is 1. The third-order valence-corrected chi connectivity index (χ3v) is 7.21. The van der Waals surface area contributed by atoms with E-state index < -0.39 is 21.9 Å². The quantitative estimate of drug-likeness (QED) is 0.656. The van der Waals surface area contributed by atoms with Crippen molar-refractivity contribution in [3.05, 3.63) is 53.1 Å². The number of halogens is 1. The molecule has 2 aromatic rings. The van der Waals surface area contributed by atoms with Crippen LogP contribution in [0.4, 0.5) is 5.69 Å². The van der Waals surface area contributed by atoms with E-state index in [-0.39, 0.29) is 40.2 Å². The molecule has 0 unspecified atom stereocenters. The van der Waals surface area contributed by atoms with E-state index in [2.05, 4.69) is 5.32 Å². The minimum Gasteiger partial charge on any atom is -0.495 e. The van der Waals surface area contributed by atoms with Crippen LogP contribution in [0.5, 0.6) is 5.75 Å². The highest BCUT2D eigenvalue weighted by Gasteiger charge is 2.35. The maximum atomic E-state index is 13.2. The Kier molecular flexibility index (Phi) is 7.19. The van der Waals surface area contributed by atoms with Crippen molar-refractivity contribution in [2.45, 2.75) is 17.7 Å². The summed E-state index contributed by atoms with van der Waals surface area (Å²) in [5.41, 5.74) is 0.540. The molecule has 31 heavy (non-hydrogen) atoms. The Morgan fingerprint density at radius 1 is 1.16 bits per heavy atom. The fourth-order valence-electron chi connectivity index (χ4n) is 3.48. The zero-order valence-electron chi connectivity index (χ0n) is 17.1. The molecule has 1 aliphatic heterocycles. The van der Waals surface area contributed by atoms with Gasteiger partial charge in [0.2, 0.25) is 15.9 Å². The van der Waals surface area contributed by atoms with Gasteiger partial charge in [0, 0.05) is 18.1 Å². The molecule has 1 heterocycles. The van der Waals surface area contributed by atoms with Gasteiger partial charge in [-0.3, -0.25) is 4.79 Å². The van der Waals surface area contributed by atoms with Gasteiger partial charge >= 0.3 is 5.97 Å². The van der Waals surface area contributed by atoms with Gasteiger partial charge < -0.3 is 14.8 Å². The molecule has 0 spiro atoms. The summed E-state index contributed by atoms with van der Waals surface area (Å²) in [6.45, 7) is 0.282. The first-order chi connectivity index (χ1) is 14.8. The number of para-hydroxylation sites is 1. The molecule has 0 bridgehead atoms. The first kappa shape index (κ1) is 23.1. The maximum absolute atomic E-state index is 13.2. The number of methoxy groups -OCH3 is 2. The molecule has 1 atom stereocenters. The lowest BCUT2D eigenvalue weighted by Crippen LogP contribution is -2.43. The zero-order chi connectivity index (χ0) is 22.6. The SMILES string of the molecule is COC(=O)c1ccccc1NC(=O)[C@@H]1CCCN(S(=O)(=O)c2cc(Cl)ccc2OC)C1. The number of esters is 1. The molecule has 1 amide bonds. The van der Waals surface area contributed by atoms with Gasteiger partial charge in [0.25, 0.3) is 0 Å². The zero-order valence-corrected chi connectivity index (χ0v) is 18.7. The number of hydrogen-bond donors (Lipinski definition) is 1. The Balaban J connectivity index is 1.80. The number of rotatable bonds is 6. The van der Waals surface area contributed by atoms with Crippen LogP contribution < -0.4 is 10.1 Å². The predicted octanol–water partition coefficient (Wildman–Crippen LogP) is 3.17. The first-order valence-electron chi connectivity index (χ1n) is 9.60. The smallest absolute Gasteiger partial charge is 0.339 e. The third-order valence-electron chi connectivity index (χ3n) is 5.09. The molecule has 166 valence electrons. The van der Waals surface area contributed by atoms with E-state index in [9.17, 15) is 18.0 Å². The second kappa shape index (κ2) is 9.67. The molecule has 2 aromatic carbocycles. The molecule has 1 N–H and O–H groups in total. The number of carbonyl (C=O) groups is 2. The Labute approximate surface area is 186 Å². The van der Waals surface area contributed by atoms with Gasteiger partial charge in [-0.15, -0.1) is 0 Å². The van der Waals surface area contributed by atoms with Crippen LogP contribution in [0.2, 0.25) is 5.02 Å². The van der Waals surface area contributed by atoms with Gasteiger partial charge in [0.1, 0.15) is 10.6 Å². The van der Waals surface area contributed by atoms with E-state index in [1.807, 2.05) is 0 Å². The lowest BCUT2D eigenvalue weighted by molar-refractivity contribution is -0.120. The van der Waals surface area contributed by atoms with E-state index in [1.54, 1.807) is 30.3 Å². The largest absolute Gasteiger partial charge is 0.495 e. The summed E-state index contributed by atoms with van der Waals surface area (Å²) in [4.78, 5) is 24.8. The number of piperidine rings is 1.